The van der Waals surface area contributed by atoms with Crippen LogP contribution in [0, 0.1) is 0 Å². The summed E-state index contributed by atoms with van der Waals surface area (Å²) in [6.07, 6.45) is 7.58. The Bertz CT molecular complexity index is 5840. The van der Waals surface area contributed by atoms with E-state index in [2.05, 4.69) is 387 Å². The molecular formula is C106H93N2OP. The molecule has 0 bridgehead atoms. The summed E-state index contributed by atoms with van der Waals surface area (Å²) in [5.74, 6) is 0. The predicted octanol–water partition coefficient (Wildman–Crippen LogP) is 28.3. The van der Waals surface area contributed by atoms with Crippen molar-refractivity contribution in [1.82, 2.24) is 0 Å². The second-order valence-corrected chi connectivity index (χ2v) is 34.2. The molecule has 0 N–H and O–H groups in total. The van der Waals surface area contributed by atoms with Gasteiger partial charge in [0.15, 0.2) is 7.14 Å². The van der Waals surface area contributed by atoms with Gasteiger partial charge in [0.05, 0.1) is 11.4 Å². The highest BCUT2D eigenvalue weighted by molar-refractivity contribution is 7.85. The van der Waals surface area contributed by atoms with Crippen LogP contribution in [0.2, 0.25) is 0 Å². The third-order valence-electron chi connectivity index (χ3n) is 27.3. The van der Waals surface area contributed by atoms with Crippen LogP contribution in [0.5, 0.6) is 0 Å². The van der Waals surface area contributed by atoms with Crippen molar-refractivity contribution in [3.63, 3.8) is 0 Å². The Balaban J connectivity index is 0.654. The van der Waals surface area contributed by atoms with Crippen LogP contribution in [0.4, 0.5) is 34.1 Å². The van der Waals surface area contributed by atoms with Gasteiger partial charge in [0, 0.05) is 71.1 Å². The lowest BCUT2D eigenvalue weighted by Gasteiger charge is -2.32. The first-order valence-corrected chi connectivity index (χ1v) is 42.2. The lowest BCUT2D eigenvalue weighted by atomic mass is 9.72. The molecule has 0 heterocycles. The van der Waals surface area contributed by atoms with Crippen LogP contribution in [-0.4, -0.2) is 0 Å². The van der Waals surface area contributed by atoms with E-state index < -0.39 is 7.14 Å². The number of fused-ring (bicyclic) bond motifs is 14. The summed E-state index contributed by atoms with van der Waals surface area (Å²) in [7, 11) is -3.51. The van der Waals surface area contributed by atoms with Crippen LogP contribution >= 0.6 is 7.14 Å². The van der Waals surface area contributed by atoms with Gasteiger partial charge >= 0.3 is 0 Å². The molecule has 3 nitrogen and oxygen atoms in total. The van der Waals surface area contributed by atoms with Crippen LogP contribution < -0.4 is 25.7 Å². The van der Waals surface area contributed by atoms with Crippen LogP contribution in [0.3, 0.4) is 0 Å². The lowest BCUT2D eigenvalue weighted by Crippen LogP contribution is -2.29. The molecule has 0 atom stereocenters. The van der Waals surface area contributed by atoms with Gasteiger partial charge in [-0.15, -0.1) is 0 Å². The van der Waals surface area contributed by atoms with Crippen molar-refractivity contribution in [1.29, 1.82) is 0 Å². The summed E-state index contributed by atoms with van der Waals surface area (Å²) in [4.78, 5) is 4.91. The summed E-state index contributed by atoms with van der Waals surface area (Å²) < 4.78 is 17.4. The normalized spacial score (nSPS) is 14.6. The fourth-order valence-electron chi connectivity index (χ4n) is 21.3. The lowest BCUT2D eigenvalue weighted by molar-refractivity contribution is 0.490. The Morgan fingerprint density at radius 1 is 0.227 bits per heavy atom. The molecule has 0 fully saturated rings. The average Bonchev–Trinajstić information content (AvgIpc) is 1.55. The van der Waals surface area contributed by atoms with E-state index in [-0.39, 0.29) is 21.7 Å². The first kappa shape index (κ1) is 69.1. The van der Waals surface area contributed by atoms with Crippen LogP contribution in [0.1, 0.15) is 151 Å². The van der Waals surface area contributed by atoms with E-state index in [1.54, 1.807) is 0 Å². The molecule has 538 valence electrons. The van der Waals surface area contributed by atoms with Gasteiger partial charge in [-0.3, -0.25) is 0 Å². The number of nitrogens with zero attached hydrogens (tertiary/aromatic N) is 2. The molecule has 0 spiro atoms. The summed E-state index contributed by atoms with van der Waals surface area (Å²) in [5, 5.41) is 7.55. The zero-order chi connectivity index (χ0) is 74.8. The minimum atomic E-state index is -3.51. The minimum absolute atomic E-state index is 0.179. The summed E-state index contributed by atoms with van der Waals surface area (Å²) in [6, 6.07) is 121. The summed E-state index contributed by atoms with van der Waals surface area (Å²) in [5.41, 5.74) is 32.3. The largest absolute Gasteiger partial charge is 0.310 e. The molecule has 0 aromatic heterocycles. The number of benzene rings is 15. The van der Waals surface area contributed by atoms with Crippen LogP contribution in [0.15, 0.2) is 322 Å². The van der Waals surface area contributed by atoms with Gasteiger partial charge in [-0.2, -0.15) is 0 Å². The van der Waals surface area contributed by atoms with E-state index in [9.17, 15) is 0 Å². The molecule has 19 rings (SSSR count). The maximum absolute atomic E-state index is 17.4. The fraction of sp³-hybridized carbons (Fsp3) is 0.189. The maximum Gasteiger partial charge on any atom is 0.171 e. The number of hydrogen-bond donors (Lipinski definition) is 0. The Kier molecular flexibility index (Phi) is 16.8. The second kappa shape index (κ2) is 26.8. The molecule has 4 aliphatic rings. The van der Waals surface area contributed by atoms with Gasteiger partial charge in [0.1, 0.15) is 0 Å². The van der Waals surface area contributed by atoms with Crippen LogP contribution in [0.25, 0.3) is 88.3 Å². The van der Waals surface area contributed by atoms with Crippen molar-refractivity contribution in [2.45, 2.75) is 128 Å². The van der Waals surface area contributed by atoms with Gasteiger partial charge in [0.2, 0.25) is 0 Å². The Labute approximate surface area is 650 Å². The average molecular weight is 1440 g/mol. The van der Waals surface area contributed by atoms with Gasteiger partial charge in [-0.05, 0) is 270 Å². The fourth-order valence-corrected chi connectivity index (χ4v) is 23.9. The minimum Gasteiger partial charge on any atom is -0.310 e. The predicted molar refractivity (Wildman–Crippen MR) is 468 cm³/mol. The maximum atomic E-state index is 17.4. The molecule has 0 radical (unpaired) electrons. The van der Waals surface area contributed by atoms with Crippen molar-refractivity contribution in [3.05, 3.63) is 366 Å². The summed E-state index contributed by atoms with van der Waals surface area (Å²) >= 11 is 0. The van der Waals surface area contributed by atoms with E-state index in [0.29, 0.717) is 0 Å². The van der Waals surface area contributed by atoms with Gasteiger partial charge in [-0.1, -0.05) is 280 Å². The standard InChI is InChI=1S/C106H93N2OP/c1-9-103(10-2)93-62-72(46-54-85(93)89-58-50-78(66-97(89)103)107(76-36-20-17-21-37-76)101-44-30-34-70-32-26-28-42-83(70)101)74-48-56-87-91-60-52-81(68-99(91)105(13-5,14-6)95(87)64-74)110(109,80-40-24-19-25-41-80)82-53-61-92-88-57-49-75(65-96(88)106(15-7,16-8)100(92)69-82)73-47-55-86-90-59-51-79(67-98(90)104(11-3,12-4)94(86)63-73)108(77-38-22-18-23-39-77)102-45-31-35-71-33-27-29-43-84(71)102/h17-69H,9-16H2,1-8H3. The van der Waals surface area contributed by atoms with Crippen molar-refractivity contribution < 1.29 is 4.57 Å². The quantitative estimate of drug-likeness (QED) is 0.0754. The SMILES string of the molecule is CCC1(CC)c2cc(-c3ccc4c(c3)C(CC)(CC)c3cc(P(=O)(c5ccccc5)c5ccc6c(c5)C(CC)(CC)c5cc(-c7ccc8c(c7)C(CC)(CC)c7cc(N(c9ccccc9)c9cccc%10ccccc9%10)ccc7-8)ccc5-6)ccc3-4)ccc2-c2ccc(N(c3ccccc3)c3cccc4ccccc34)cc21. The molecule has 15 aromatic carbocycles. The monoisotopic (exact) mass is 1440 g/mol. The van der Waals surface area contributed by atoms with Crippen molar-refractivity contribution in [2.24, 2.45) is 0 Å². The van der Waals surface area contributed by atoms with Gasteiger partial charge in [-0.25, -0.2) is 0 Å². The highest BCUT2D eigenvalue weighted by atomic mass is 31.2. The van der Waals surface area contributed by atoms with E-state index in [0.717, 1.165) is 78.7 Å². The highest BCUT2D eigenvalue weighted by Gasteiger charge is 2.47. The molecule has 0 saturated carbocycles. The number of rotatable bonds is 19. The smallest absolute Gasteiger partial charge is 0.171 e. The van der Waals surface area contributed by atoms with Crippen molar-refractivity contribution in [3.8, 4) is 66.8 Å². The van der Waals surface area contributed by atoms with E-state index in [1.807, 2.05) is 0 Å². The zero-order valence-corrected chi connectivity index (χ0v) is 65.4. The van der Waals surface area contributed by atoms with Crippen LogP contribution in [-0.2, 0) is 26.2 Å². The molecule has 15 aromatic rings. The molecule has 0 unspecified atom stereocenters. The third-order valence-corrected chi connectivity index (χ3v) is 30.3. The first-order chi connectivity index (χ1) is 53.9. The molecule has 110 heavy (non-hydrogen) atoms. The van der Waals surface area contributed by atoms with Crippen molar-refractivity contribution in [2.75, 3.05) is 9.80 Å². The molecule has 0 saturated heterocycles. The topological polar surface area (TPSA) is 23.6 Å². The molecule has 0 amide bonds. The molecule has 0 aliphatic heterocycles. The Morgan fingerprint density at radius 3 is 0.818 bits per heavy atom. The summed E-state index contributed by atoms with van der Waals surface area (Å²) in [6.45, 7) is 19.0. The molecule has 4 aliphatic carbocycles. The van der Waals surface area contributed by atoms with Gasteiger partial charge in [0.25, 0.3) is 0 Å². The highest BCUT2D eigenvalue weighted by Crippen LogP contribution is 2.61. The van der Waals surface area contributed by atoms with E-state index >= 15 is 4.57 Å². The number of hydrogen-bond acceptors (Lipinski definition) is 3. The number of anilines is 6. The van der Waals surface area contributed by atoms with Gasteiger partial charge < -0.3 is 14.4 Å². The molecule has 4 heteroatoms. The van der Waals surface area contributed by atoms with E-state index in [1.165, 1.54) is 156 Å². The zero-order valence-electron chi connectivity index (χ0n) is 64.5. The van der Waals surface area contributed by atoms with Crippen molar-refractivity contribution >= 4 is 78.7 Å². The Morgan fingerprint density at radius 2 is 0.491 bits per heavy atom. The second-order valence-electron chi connectivity index (χ2n) is 31.4. The first-order valence-electron chi connectivity index (χ1n) is 40.5. The molecular weight excluding hydrogens is 1350 g/mol. The number of para-hydroxylation sites is 2. The third kappa shape index (κ3) is 10.0. The Hall–Kier alpha value is -11.4. The van der Waals surface area contributed by atoms with E-state index in [4.69, 9.17) is 0 Å².